The van der Waals surface area contributed by atoms with Crippen molar-refractivity contribution in [1.82, 2.24) is 9.88 Å². The summed E-state index contributed by atoms with van der Waals surface area (Å²) in [7, 11) is 1.91. The number of carbonyl (C=O) groups excluding carboxylic acids is 1. The molecular weight excluding hydrogens is 262 g/mol. The lowest BCUT2D eigenvalue weighted by Crippen LogP contribution is -2.24. The standard InChI is InChI=1S/C14H18ClN3O/c1-9(14(16)19)7-18-8-10(6-17-2)12-4-3-11(15)5-13(12)18/h3-5,8-9,17H,6-7H2,1-2H3,(H2,16,19). The van der Waals surface area contributed by atoms with Gasteiger partial charge in [0.05, 0.1) is 5.92 Å². The molecule has 1 amide bonds. The molecule has 0 radical (unpaired) electrons. The minimum absolute atomic E-state index is 0.211. The summed E-state index contributed by atoms with van der Waals surface area (Å²) in [5.74, 6) is -0.504. The number of rotatable bonds is 5. The molecule has 1 aromatic carbocycles. The maximum atomic E-state index is 11.2. The lowest BCUT2D eigenvalue weighted by molar-refractivity contribution is -0.121. The summed E-state index contributed by atoms with van der Waals surface area (Å²) < 4.78 is 2.04. The Kier molecular flexibility index (Phi) is 4.12. The van der Waals surface area contributed by atoms with Crippen molar-refractivity contribution in [3.8, 4) is 0 Å². The SMILES string of the molecule is CNCc1cn(CC(C)C(N)=O)c2cc(Cl)ccc12. The van der Waals surface area contributed by atoms with E-state index in [1.54, 1.807) is 0 Å². The Morgan fingerprint density at radius 3 is 2.89 bits per heavy atom. The molecule has 0 aliphatic heterocycles. The van der Waals surface area contributed by atoms with Crippen LogP contribution < -0.4 is 11.1 Å². The van der Waals surface area contributed by atoms with E-state index in [-0.39, 0.29) is 11.8 Å². The quantitative estimate of drug-likeness (QED) is 0.881. The Balaban J connectivity index is 2.47. The molecule has 0 aliphatic carbocycles. The first-order valence-electron chi connectivity index (χ1n) is 6.24. The summed E-state index contributed by atoms with van der Waals surface area (Å²) in [5, 5.41) is 4.98. The van der Waals surface area contributed by atoms with Gasteiger partial charge in [0.15, 0.2) is 0 Å². The van der Waals surface area contributed by atoms with E-state index in [2.05, 4.69) is 11.5 Å². The molecular formula is C14H18ClN3O. The highest BCUT2D eigenvalue weighted by Crippen LogP contribution is 2.25. The smallest absolute Gasteiger partial charge is 0.222 e. The van der Waals surface area contributed by atoms with Crippen molar-refractivity contribution in [1.29, 1.82) is 0 Å². The van der Waals surface area contributed by atoms with Crippen LogP contribution in [0.1, 0.15) is 12.5 Å². The van der Waals surface area contributed by atoms with Gasteiger partial charge in [0.1, 0.15) is 0 Å². The highest BCUT2D eigenvalue weighted by Gasteiger charge is 2.14. The van der Waals surface area contributed by atoms with Crippen LogP contribution in [0.4, 0.5) is 0 Å². The molecule has 0 saturated heterocycles. The van der Waals surface area contributed by atoms with Crippen LogP contribution in [0, 0.1) is 5.92 Å². The molecule has 0 spiro atoms. The number of halogens is 1. The van der Waals surface area contributed by atoms with Crippen molar-refractivity contribution >= 4 is 28.4 Å². The van der Waals surface area contributed by atoms with Crippen molar-refractivity contribution in [2.45, 2.75) is 20.0 Å². The molecule has 1 unspecified atom stereocenters. The van der Waals surface area contributed by atoms with Crippen LogP contribution in [0.15, 0.2) is 24.4 Å². The van der Waals surface area contributed by atoms with Crippen LogP contribution in [0.3, 0.4) is 0 Å². The van der Waals surface area contributed by atoms with E-state index in [9.17, 15) is 4.79 Å². The number of amides is 1. The Labute approximate surface area is 117 Å². The molecule has 1 heterocycles. The van der Waals surface area contributed by atoms with Crippen LogP contribution in [-0.2, 0) is 17.9 Å². The molecule has 0 aliphatic rings. The number of hydrogen-bond donors (Lipinski definition) is 2. The van der Waals surface area contributed by atoms with Gasteiger partial charge in [0.25, 0.3) is 0 Å². The summed E-state index contributed by atoms with van der Waals surface area (Å²) in [4.78, 5) is 11.2. The zero-order valence-electron chi connectivity index (χ0n) is 11.1. The topological polar surface area (TPSA) is 60.1 Å². The predicted octanol–water partition coefficient (Wildman–Crippen LogP) is 2.14. The van der Waals surface area contributed by atoms with Gasteiger partial charge in [0.2, 0.25) is 5.91 Å². The molecule has 1 atom stereocenters. The number of benzene rings is 1. The molecule has 0 fully saturated rings. The lowest BCUT2D eigenvalue weighted by Gasteiger charge is -2.10. The van der Waals surface area contributed by atoms with E-state index in [4.69, 9.17) is 17.3 Å². The summed E-state index contributed by atoms with van der Waals surface area (Å²) in [5.41, 5.74) is 7.55. The summed E-state index contributed by atoms with van der Waals surface area (Å²) >= 11 is 6.06. The number of nitrogens with one attached hydrogen (secondary N) is 1. The van der Waals surface area contributed by atoms with E-state index >= 15 is 0 Å². The molecule has 1 aromatic heterocycles. The fourth-order valence-electron chi connectivity index (χ4n) is 2.21. The van der Waals surface area contributed by atoms with Crippen LogP contribution >= 0.6 is 11.6 Å². The van der Waals surface area contributed by atoms with Gasteiger partial charge in [-0.3, -0.25) is 4.79 Å². The largest absolute Gasteiger partial charge is 0.369 e. The second kappa shape index (κ2) is 5.63. The first-order chi connectivity index (χ1) is 9.02. The van der Waals surface area contributed by atoms with E-state index in [0.717, 1.165) is 17.4 Å². The number of nitrogens with two attached hydrogens (primary N) is 1. The van der Waals surface area contributed by atoms with Crippen LogP contribution in [0.2, 0.25) is 5.02 Å². The van der Waals surface area contributed by atoms with Crippen molar-refractivity contribution < 1.29 is 4.79 Å². The average molecular weight is 280 g/mol. The number of carbonyl (C=O) groups is 1. The van der Waals surface area contributed by atoms with Crippen molar-refractivity contribution in [3.63, 3.8) is 0 Å². The lowest BCUT2D eigenvalue weighted by atomic mass is 10.1. The van der Waals surface area contributed by atoms with Crippen molar-refractivity contribution in [3.05, 3.63) is 35.0 Å². The zero-order chi connectivity index (χ0) is 14.0. The minimum atomic E-state index is -0.293. The third-order valence-corrected chi connectivity index (χ3v) is 3.49. The number of aromatic nitrogens is 1. The van der Waals surface area contributed by atoms with Crippen LogP contribution in [0.25, 0.3) is 10.9 Å². The number of hydrogen-bond acceptors (Lipinski definition) is 2. The second-order valence-electron chi connectivity index (χ2n) is 4.80. The molecule has 2 rings (SSSR count). The monoisotopic (exact) mass is 279 g/mol. The molecule has 102 valence electrons. The Morgan fingerprint density at radius 1 is 1.53 bits per heavy atom. The van der Waals surface area contributed by atoms with Gasteiger partial charge < -0.3 is 15.6 Å². The zero-order valence-corrected chi connectivity index (χ0v) is 11.9. The summed E-state index contributed by atoms with van der Waals surface area (Å²) in [6.45, 7) is 3.17. The van der Waals surface area contributed by atoms with Crippen molar-refractivity contribution in [2.75, 3.05) is 7.05 Å². The van der Waals surface area contributed by atoms with Gasteiger partial charge in [-0.2, -0.15) is 0 Å². The van der Waals surface area contributed by atoms with Gasteiger partial charge in [-0.25, -0.2) is 0 Å². The normalized spacial score (nSPS) is 12.8. The first kappa shape index (κ1) is 13.9. The molecule has 2 aromatic rings. The Morgan fingerprint density at radius 2 is 2.26 bits per heavy atom. The van der Waals surface area contributed by atoms with E-state index in [1.165, 1.54) is 5.56 Å². The molecule has 3 N–H and O–H groups in total. The van der Waals surface area contributed by atoms with Crippen LogP contribution in [0.5, 0.6) is 0 Å². The van der Waals surface area contributed by atoms with Gasteiger partial charge in [0, 0.05) is 35.2 Å². The average Bonchev–Trinajstić information content (AvgIpc) is 2.67. The number of primary amides is 1. The highest BCUT2D eigenvalue weighted by molar-refractivity contribution is 6.31. The van der Waals surface area contributed by atoms with E-state index in [0.29, 0.717) is 11.6 Å². The van der Waals surface area contributed by atoms with Gasteiger partial charge in [-0.15, -0.1) is 0 Å². The Bertz CT molecular complexity index is 606. The van der Waals surface area contributed by atoms with E-state index in [1.807, 2.05) is 36.7 Å². The predicted molar refractivity (Wildman–Crippen MR) is 78.1 cm³/mol. The molecule has 4 nitrogen and oxygen atoms in total. The maximum absolute atomic E-state index is 11.2. The van der Waals surface area contributed by atoms with Gasteiger partial charge in [-0.05, 0) is 24.7 Å². The fourth-order valence-corrected chi connectivity index (χ4v) is 2.37. The third kappa shape index (κ3) is 2.91. The van der Waals surface area contributed by atoms with Gasteiger partial charge >= 0.3 is 0 Å². The maximum Gasteiger partial charge on any atom is 0.222 e. The van der Waals surface area contributed by atoms with Crippen molar-refractivity contribution in [2.24, 2.45) is 11.7 Å². The van der Waals surface area contributed by atoms with E-state index < -0.39 is 0 Å². The summed E-state index contributed by atoms with van der Waals surface area (Å²) in [6, 6.07) is 5.81. The Hall–Kier alpha value is -1.52. The first-order valence-corrected chi connectivity index (χ1v) is 6.62. The second-order valence-corrected chi connectivity index (χ2v) is 5.24. The number of nitrogens with zero attached hydrogens (tertiary/aromatic N) is 1. The minimum Gasteiger partial charge on any atom is -0.369 e. The third-order valence-electron chi connectivity index (χ3n) is 3.25. The molecule has 0 bridgehead atoms. The highest BCUT2D eigenvalue weighted by atomic mass is 35.5. The molecule has 19 heavy (non-hydrogen) atoms. The number of fused-ring (bicyclic) bond motifs is 1. The fraction of sp³-hybridized carbons (Fsp3) is 0.357. The van der Waals surface area contributed by atoms with Crippen LogP contribution in [-0.4, -0.2) is 17.5 Å². The molecule has 5 heteroatoms. The summed E-state index contributed by atoms with van der Waals surface area (Å²) in [6.07, 6.45) is 2.05. The molecule has 0 saturated carbocycles. The van der Waals surface area contributed by atoms with Gasteiger partial charge in [-0.1, -0.05) is 24.6 Å².